The second-order valence-electron chi connectivity index (χ2n) is 7.82. The van der Waals surface area contributed by atoms with Gasteiger partial charge < -0.3 is 14.7 Å². The minimum atomic E-state index is -1.02. The van der Waals surface area contributed by atoms with Crippen LogP contribution in [0.4, 0.5) is 0 Å². The molecule has 1 fully saturated rings. The zero-order valence-electron chi connectivity index (χ0n) is 17.4. The fourth-order valence-corrected chi connectivity index (χ4v) is 3.70. The number of rotatable bonds is 5. The number of carbonyl (C=O) groups is 1. The van der Waals surface area contributed by atoms with Crippen molar-refractivity contribution >= 4 is 5.91 Å². The van der Waals surface area contributed by atoms with Gasteiger partial charge >= 0.3 is 0 Å². The fourth-order valence-electron chi connectivity index (χ4n) is 3.70. The number of aliphatic hydroxyl groups is 1. The largest absolute Gasteiger partial charge is 0.466 e. The monoisotopic (exact) mass is 407 g/mol. The molecule has 0 bridgehead atoms. The van der Waals surface area contributed by atoms with Crippen molar-refractivity contribution in [3.8, 4) is 11.7 Å². The number of nitrogens with zero attached hydrogens (tertiary/aromatic N) is 5. The van der Waals surface area contributed by atoms with Crippen LogP contribution >= 0.6 is 0 Å². The Hall–Kier alpha value is -3.26. The molecule has 0 saturated carbocycles. The quantitative estimate of drug-likeness (QED) is 0.696. The van der Waals surface area contributed by atoms with Crippen molar-refractivity contribution in [2.24, 2.45) is 0 Å². The third-order valence-corrected chi connectivity index (χ3v) is 5.39. The van der Waals surface area contributed by atoms with E-state index in [1.54, 1.807) is 21.7 Å². The molecule has 0 aliphatic carbocycles. The van der Waals surface area contributed by atoms with E-state index in [-0.39, 0.29) is 24.9 Å². The van der Waals surface area contributed by atoms with Gasteiger partial charge in [0.1, 0.15) is 5.60 Å². The van der Waals surface area contributed by atoms with Crippen molar-refractivity contribution in [2.75, 3.05) is 19.7 Å². The van der Waals surface area contributed by atoms with Crippen LogP contribution in [0.3, 0.4) is 0 Å². The lowest BCUT2D eigenvalue weighted by molar-refractivity contribution is -0.133. The number of β-amino-alcohol motifs (C(OH)–C–C–N with tert-alkyl or cyclic N) is 1. The predicted molar refractivity (Wildman–Crippen MR) is 110 cm³/mol. The number of ether oxygens (including phenoxy) is 1. The molecule has 156 valence electrons. The molecule has 4 rings (SSSR count). The third kappa shape index (κ3) is 4.04. The lowest BCUT2D eigenvalue weighted by Crippen LogP contribution is -2.37. The number of amides is 1. The van der Waals surface area contributed by atoms with Crippen LogP contribution in [-0.2, 0) is 10.4 Å². The molecule has 1 atom stereocenters. The molecule has 1 N–H and O–H groups in total. The Morgan fingerprint density at radius 1 is 1.13 bits per heavy atom. The Balaban J connectivity index is 1.35. The van der Waals surface area contributed by atoms with Crippen LogP contribution < -0.4 is 4.74 Å². The Morgan fingerprint density at radius 3 is 2.53 bits per heavy atom. The smallest absolute Gasteiger partial charge is 0.260 e. The van der Waals surface area contributed by atoms with Crippen LogP contribution in [-0.4, -0.2) is 55.6 Å². The molecule has 0 spiro atoms. The second-order valence-corrected chi connectivity index (χ2v) is 7.82. The molecular weight excluding hydrogens is 382 g/mol. The molecule has 3 heterocycles. The van der Waals surface area contributed by atoms with Crippen LogP contribution in [0.15, 0.2) is 42.5 Å². The summed E-state index contributed by atoms with van der Waals surface area (Å²) in [6.45, 7) is 6.44. The minimum Gasteiger partial charge on any atom is -0.466 e. The Kier molecular flexibility index (Phi) is 5.26. The standard InChI is InChI=1S/C22H25N5O3/c1-15-4-6-18(7-5-15)22(29)10-11-26(14-22)21(28)13-30-20-9-8-19(23-24-20)27-17(3)12-16(2)25-27/h4-9,12,29H,10-11,13-14H2,1-3H3. The van der Waals surface area contributed by atoms with Crippen molar-refractivity contribution in [3.05, 3.63) is 65.0 Å². The van der Waals surface area contributed by atoms with Gasteiger partial charge in [-0.2, -0.15) is 5.10 Å². The summed E-state index contributed by atoms with van der Waals surface area (Å²) >= 11 is 0. The Labute approximate surface area is 175 Å². The first kappa shape index (κ1) is 20.0. The van der Waals surface area contributed by atoms with Gasteiger partial charge in [-0.3, -0.25) is 4.79 Å². The lowest BCUT2D eigenvalue weighted by atomic mass is 9.92. The number of aryl methyl sites for hydroxylation is 3. The van der Waals surface area contributed by atoms with Crippen molar-refractivity contribution < 1.29 is 14.6 Å². The number of likely N-dealkylation sites (tertiary alicyclic amines) is 1. The highest BCUT2D eigenvalue weighted by atomic mass is 16.5. The molecule has 1 unspecified atom stereocenters. The van der Waals surface area contributed by atoms with Crippen LogP contribution in [0, 0.1) is 20.8 Å². The van der Waals surface area contributed by atoms with Gasteiger partial charge in [0.2, 0.25) is 5.88 Å². The van der Waals surface area contributed by atoms with Crippen molar-refractivity contribution in [1.29, 1.82) is 0 Å². The van der Waals surface area contributed by atoms with Gasteiger partial charge in [0, 0.05) is 18.3 Å². The van der Waals surface area contributed by atoms with Gasteiger partial charge in [-0.1, -0.05) is 29.8 Å². The third-order valence-electron chi connectivity index (χ3n) is 5.39. The van der Waals surface area contributed by atoms with Crippen LogP contribution in [0.1, 0.15) is 28.9 Å². The van der Waals surface area contributed by atoms with Gasteiger partial charge in [-0.05, 0) is 44.9 Å². The zero-order valence-corrected chi connectivity index (χ0v) is 17.4. The molecule has 8 nitrogen and oxygen atoms in total. The topological polar surface area (TPSA) is 93.4 Å². The van der Waals surface area contributed by atoms with E-state index in [1.807, 2.05) is 51.1 Å². The molecule has 1 aliphatic heterocycles. The first-order chi connectivity index (χ1) is 14.3. The molecule has 0 radical (unpaired) electrons. The number of hydrogen-bond acceptors (Lipinski definition) is 6. The highest BCUT2D eigenvalue weighted by Gasteiger charge is 2.39. The van der Waals surface area contributed by atoms with E-state index >= 15 is 0 Å². The first-order valence-corrected chi connectivity index (χ1v) is 9.91. The van der Waals surface area contributed by atoms with E-state index in [9.17, 15) is 9.90 Å². The molecule has 1 saturated heterocycles. The number of aromatic nitrogens is 4. The Morgan fingerprint density at radius 2 is 1.90 bits per heavy atom. The predicted octanol–water partition coefficient (Wildman–Crippen LogP) is 2.09. The summed E-state index contributed by atoms with van der Waals surface area (Å²) in [5.41, 5.74) is 2.80. The van der Waals surface area contributed by atoms with Crippen LogP contribution in [0.2, 0.25) is 0 Å². The maximum atomic E-state index is 12.6. The normalized spacial score (nSPS) is 18.6. The fraction of sp³-hybridized carbons (Fsp3) is 0.364. The molecule has 30 heavy (non-hydrogen) atoms. The first-order valence-electron chi connectivity index (χ1n) is 9.91. The maximum absolute atomic E-state index is 12.6. The van der Waals surface area contributed by atoms with Gasteiger partial charge in [-0.15, -0.1) is 10.2 Å². The van der Waals surface area contributed by atoms with Gasteiger partial charge in [0.15, 0.2) is 12.4 Å². The van der Waals surface area contributed by atoms with Crippen LogP contribution in [0.25, 0.3) is 5.82 Å². The summed E-state index contributed by atoms with van der Waals surface area (Å²) in [5, 5.41) is 23.5. The summed E-state index contributed by atoms with van der Waals surface area (Å²) in [4.78, 5) is 14.2. The summed E-state index contributed by atoms with van der Waals surface area (Å²) in [7, 11) is 0. The average Bonchev–Trinajstić information content (AvgIpc) is 3.30. The molecule has 8 heteroatoms. The van der Waals surface area contributed by atoms with Gasteiger partial charge in [0.05, 0.1) is 12.2 Å². The SMILES string of the molecule is Cc1ccc(C2(O)CCN(C(=O)COc3ccc(-n4nc(C)cc4C)nn3)C2)cc1. The van der Waals surface area contributed by atoms with Gasteiger partial charge in [-0.25, -0.2) is 4.68 Å². The number of benzene rings is 1. The number of hydrogen-bond donors (Lipinski definition) is 1. The van der Waals surface area contributed by atoms with E-state index in [4.69, 9.17) is 4.74 Å². The molecule has 1 aliphatic rings. The van der Waals surface area contributed by atoms with Crippen molar-refractivity contribution in [3.63, 3.8) is 0 Å². The van der Waals surface area contributed by atoms with Gasteiger partial charge in [0.25, 0.3) is 5.91 Å². The van der Waals surface area contributed by atoms with E-state index in [0.717, 1.165) is 22.5 Å². The maximum Gasteiger partial charge on any atom is 0.260 e. The summed E-state index contributed by atoms with van der Waals surface area (Å²) in [6, 6.07) is 13.1. The second kappa shape index (κ2) is 7.87. The summed E-state index contributed by atoms with van der Waals surface area (Å²) in [5.74, 6) is 0.658. The Bertz CT molecular complexity index is 1050. The minimum absolute atomic E-state index is 0.155. The molecule has 2 aromatic heterocycles. The van der Waals surface area contributed by atoms with Crippen molar-refractivity contribution in [1.82, 2.24) is 24.9 Å². The zero-order chi connectivity index (χ0) is 21.3. The molecular formula is C22H25N5O3. The average molecular weight is 407 g/mol. The van der Waals surface area contributed by atoms with Crippen molar-refractivity contribution in [2.45, 2.75) is 32.8 Å². The van der Waals surface area contributed by atoms with E-state index in [0.29, 0.717) is 18.8 Å². The van der Waals surface area contributed by atoms with Crippen LogP contribution in [0.5, 0.6) is 5.88 Å². The summed E-state index contributed by atoms with van der Waals surface area (Å²) < 4.78 is 7.22. The molecule has 1 amide bonds. The summed E-state index contributed by atoms with van der Waals surface area (Å²) in [6.07, 6.45) is 0.499. The number of carbonyl (C=O) groups excluding carboxylic acids is 1. The van der Waals surface area contributed by atoms with E-state index in [1.165, 1.54) is 0 Å². The highest BCUT2D eigenvalue weighted by Crippen LogP contribution is 2.32. The molecule has 3 aromatic rings. The van der Waals surface area contributed by atoms with E-state index in [2.05, 4.69) is 15.3 Å². The highest BCUT2D eigenvalue weighted by molar-refractivity contribution is 5.78. The lowest BCUT2D eigenvalue weighted by Gasteiger charge is -2.24. The molecule has 1 aromatic carbocycles. The van der Waals surface area contributed by atoms with E-state index < -0.39 is 5.60 Å².